The van der Waals surface area contributed by atoms with E-state index in [9.17, 15) is 0 Å². The van der Waals surface area contributed by atoms with Gasteiger partial charge in [0.2, 0.25) is 0 Å². The van der Waals surface area contributed by atoms with E-state index in [0.29, 0.717) is 6.04 Å². The summed E-state index contributed by atoms with van der Waals surface area (Å²) in [5.74, 6) is 0. The molecule has 1 saturated heterocycles. The van der Waals surface area contributed by atoms with Crippen LogP contribution < -0.4 is 5.32 Å². The molecule has 2 unspecified atom stereocenters. The van der Waals surface area contributed by atoms with E-state index in [2.05, 4.69) is 24.4 Å². The van der Waals surface area contributed by atoms with Crippen LogP contribution in [0.4, 0.5) is 0 Å². The number of hydrogen-bond acceptors (Lipinski definition) is 2. The summed E-state index contributed by atoms with van der Waals surface area (Å²) in [6, 6.07) is 0.626. The minimum atomic E-state index is 0.147. The SMILES string of the molecule is CC1CC2(CC=CCO2)CN1. The van der Waals surface area contributed by atoms with Crippen molar-refractivity contribution in [3.05, 3.63) is 12.2 Å². The van der Waals surface area contributed by atoms with Crippen molar-refractivity contribution >= 4 is 0 Å². The van der Waals surface area contributed by atoms with Gasteiger partial charge in [0.15, 0.2) is 0 Å². The van der Waals surface area contributed by atoms with Crippen molar-refractivity contribution < 1.29 is 4.74 Å². The summed E-state index contributed by atoms with van der Waals surface area (Å²) >= 11 is 0. The summed E-state index contributed by atoms with van der Waals surface area (Å²) in [6.07, 6.45) is 6.60. The Morgan fingerprint density at radius 1 is 1.55 bits per heavy atom. The van der Waals surface area contributed by atoms with E-state index in [1.165, 1.54) is 0 Å². The molecule has 0 radical (unpaired) electrons. The van der Waals surface area contributed by atoms with Gasteiger partial charge in [-0.2, -0.15) is 0 Å². The Balaban J connectivity index is 2.05. The Morgan fingerprint density at radius 2 is 2.45 bits per heavy atom. The van der Waals surface area contributed by atoms with Crippen molar-refractivity contribution in [2.75, 3.05) is 13.2 Å². The average Bonchev–Trinajstić information content (AvgIpc) is 2.34. The van der Waals surface area contributed by atoms with E-state index >= 15 is 0 Å². The molecule has 2 aliphatic heterocycles. The molecule has 1 fully saturated rings. The van der Waals surface area contributed by atoms with Crippen LogP contribution in [0.15, 0.2) is 12.2 Å². The van der Waals surface area contributed by atoms with Crippen LogP contribution in [0.5, 0.6) is 0 Å². The van der Waals surface area contributed by atoms with Crippen LogP contribution in [0.1, 0.15) is 19.8 Å². The van der Waals surface area contributed by atoms with E-state index in [1.54, 1.807) is 0 Å². The van der Waals surface area contributed by atoms with E-state index in [0.717, 1.165) is 26.0 Å². The standard InChI is InChI=1S/C9H15NO/c1-8-6-9(7-10-8)4-2-3-5-11-9/h2-3,8,10H,4-7H2,1H3. The molecule has 0 aliphatic carbocycles. The average molecular weight is 153 g/mol. The number of nitrogens with one attached hydrogen (secondary N) is 1. The van der Waals surface area contributed by atoms with Gasteiger partial charge in [-0.1, -0.05) is 12.2 Å². The molecular weight excluding hydrogens is 138 g/mol. The second kappa shape index (κ2) is 2.61. The molecule has 0 aromatic rings. The van der Waals surface area contributed by atoms with Crippen LogP contribution in [0.3, 0.4) is 0 Å². The first-order valence-corrected chi connectivity index (χ1v) is 4.33. The molecular formula is C9H15NO. The monoisotopic (exact) mass is 153 g/mol. The Labute approximate surface area is 67.6 Å². The van der Waals surface area contributed by atoms with Crippen LogP contribution in [-0.2, 0) is 4.74 Å². The lowest BCUT2D eigenvalue weighted by molar-refractivity contribution is -0.0215. The molecule has 0 aromatic heterocycles. The Kier molecular flexibility index (Phi) is 1.74. The zero-order chi connectivity index (χ0) is 7.73. The largest absolute Gasteiger partial charge is 0.369 e. The van der Waals surface area contributed by atoms with Crippen LogP contribution in [-0.4, -0.2) is 24.8 Å². The fourth-order valence-electron chi connectivity index (χ4n) is 1.98. The molecule has 2 atom stereocenters. The van der Waals surface area contributed by atoms with Crippen molar-refractivity contribution in [3.63, 3.8) is 0 Å². The fourth-order valence-corrected chi connectivity index (χ4v) is 1.98. The van der Waals surface area contributed by atoms with Gasteiger partial charge in [-0.25, -0.2) is 0 Å². The van der Waals surface area contributed by atoms with Crippen molar-refractivity contribution in [2.45, 2.75) is 31.4 Å². The normalized spacial score (nSPS) is 43.5. The molecule has 2 rings (SSSR count). The molecule has 0 aromatic carbocycles. The fraction of sp³-hybridized carbons (Fsp3) is 0.778. The van der Waals surface area contributed by atoms with Crippen molar-refractivity contribution in [2.24, 2.45) is 0 Å². The Bertz CT molecular complexity index is 178. The zero-order valence-electron chi connectivity index (χ0n) is 6.97. The first kappa shape index (κ1) is 7.32. The van der Waals surface area contributed by atoms with Crippen molar-refractivity contribution in [1.82, 2.24) is 5.32 Å². The van der Waals surface area contributed by atoms with Crippen LogP contribution in [0.25, 0.3) is 0 Å². The van der Waals surface area contributed by atoms with Crippen LogP contribution >= 0.6 is 0 Å². The minimum Gasteiger partial charge on any atom is -0.369 e. The third-order valence-corrected chi connectivity index (χ3v) is 2.59. The summed E-state index contributed by atoms with van der Waals surface area (Å²) < 4.78 is 5.75. The van der Waals surface area contributed by atoms with Gasteiger partial charge in [-0.3, -0.25) is 0 Å². The van der Waals surface area contributed by atoms with Gasteiger partial charge in [0.25, 0.3) is 0 Å². The molecule has 0 saturated carbocycles. The number of hydrogen-bond donors (Lipinski definition) is 1. The Morgan fingerprint density at radius 3 is 3.00 bits per heavy atom. The maximum Gasteiger partial charge on any atom is 0.0859 e. The highest BCUT2D eigenvalue weighted by Gasteiger charge is 2.37. The molecule has 1 spiro atoms. The maximum atomic E-state index is 5.75. The van der Waals surface area contributed by atoms with Gasteiger partial charge >= 0.3 is 0 Å². The van der Waals surface area contributed by atoms with E-state index in [4.69, 9.17) is 4.74 Å². The summed E-state index contributed by atoms with van der Waals surface area (Å²) in [5, 5.41) is 3.42. The maximum absolute atomic E-state index is 5.75. The van der Waals surface area contributed by atoms with Crippen molar-refractivity contribution in [3.8, 4) is 0 Å². The summed E-state index contributed by atoms with van der Waals surface area (Å²) in [6.45, 7) is 4.04. The van der Waals surface area contributed by atoms with Crippen LogP contribution in [0.2, 0.25) is 0 Å². The van der Waals surface area contributed by atoms with Gasteiger partial charge in [0.05, 0.1) is 12.2 Å². The second-order valence-electron chi connectivity index (χ2n) is 3.66. The smallest absolute Gasteiger partial charge is 0.0859 e. The van der Waals surface area contributed by atoms with E-state index in [1.807, 2.05) is 0 Å². The van der Waals surface area contributed by atoms with Crippen LogP contribution in [0, 0.1) is 0 Å². The molecule has 2 heterocycles. The molecule has 2 aliphatic rings. The first-order chi connectivity index (χ1) is 5.31. The summed E-state index contributed by atoms with van der Waals surface area (Å²) in [4.78, 5) is 0. The first-order valence-electron chi connectivity index (χ1n) is 4.33. The highest BCUT2D eigenvalue weighted by molar-refractivity contribution is 5.03. The number of ether oxygens (including phenoxy) is 1. The lowest BCUT2D eigenvalue weighted by atomic mass is 9.95. The van der Waals surface area contributed by atoms with Gasteiger partial charge < -0.3 is 10.1 Å². The summed E-state index contributed by atoms with van der Waals surface area (Å²) in [5.41, 5.74) is 0.147. The zero-order valence-corrected chi connectivity index (χ0v) is 6.97. The predicted octanol–water partition coefficient (Wildman–Crippen LogP) is 1.08. The van der Waals surface area contributed by atoms with Gasteiger partial charge in [0.1, 0.15) is 0 Å². The molecule has 11 heavy (non-hydrogen) atoms. The lowest BCUT2D eigenvalue weighted by Gasteiger charge is -2.29. The Hall–Kier alpha value is -0.340. The molecule has 2 nitrogen and oxygen atoms in total. The highest BCUT2D eigenvalue weighted by Crippen LogP contribution is 2.29. The highest BCUT2D eigenvalue weighted by atomic mass is 16.5. The molecule has 0 amide bonds. The molecule has 1 N–H and O–H groups in total. The third kappa shape index (κ3) is 1.33. The second-order valence-corrected chi connectivity index (χ2v) is 3.66. The topological polar surface area (TPSA) is 21.3 Å². The lowest BCUT2D eigenvalue weighted by Crippen LogP contribution is -2.36. The van der Waals surface area contributed by atoms with E-state index < -0.39 is 0 Å². The van der Waals surface area contributed by atoms with Crippen molar-refractivity contribution in [1.29, 1.82) is 0 Å². The van der Waals surface area contributed by atoms with E-state index in [-0.39, 0.29) is 5.60 Å². The molecule has 2 heteroatoms. The predicted molar refractivity (Wildman–Crippen MR) is 44.5 cm³/mol. The van der Waals surface area contributed by atoms with Gasteiger partial charge in [0, 0.05) is 12.6 Å². The molecule has 62 valence electrons. The minimum absolute atomic E-state index is 0.147. The molecule has 0 bridgehead atoms. The van der Waals surface area contributed by atoms with Gasteiger partial charge in [-0.15, -0.1) is 0 Å². The third-order valence-electron chi connectivity index (χ3n) is 2.59. The summed E-state index contributed by atoms with van der Waals surface area (Å²) in [7, 11) is 0. The van der Waals surface area contributed by atoms with Gasteiger partial charge in [-0.05, 0) is 19.8 Å². The number of rotatable bonds is 0. The quantitative estimate of drug-likeness (QED) is 0.526.